The third kappa shape index (κ3) is 4.74. The van der Waals surface area contributed by atoms with Gasteiger partial charge in [0, 0.05) is 24.3 Å². The summed E-state index contributed by atoms with van der Waals surface area (Å²) in [5, 5.41) is 4.31. The Bertz CT molecular complexity index is 445. The maximum absolute atomic E-state index is 12.7. The van der Waals surface area contributed by atoms with Crippen molar-refractivity contribution >= 4 is 16.9 Å². The summed E-state index contributed by atoms with van der Waals surface area (Å²) in [5.41, 5.74) is 0.245. The average Bonchev–Trinajstić information content (AvgIpc) is 2.38. The molecule has 1 aromatic carbocycles. The molecule has 0 fully saturated rings. The van der Waals surface area contributed by atoms with E-state index in [1.165, 1.54) is 12.1 Å². The van der Waals surface area contributed by atoms with Gasteiger partial charge in [-0.15, -0.1) is 0 Å². The molecule has 0 bridgehead atoms. The second-order valence-electron chi connectivity index (χ2n) is 5.29. The van der Waals surface area contributed by atoms with Gasteiger partial charge in [-0.2, -0.15) is 0 Å². The summed E-state index contributed by atoms with van der Waals surface area (Å²) < 4.78 is 18.2. The van der Waals surface area contributed by atoms with E-state index in [2.05, 4.69) is 24.2 Å². The lowest BCUT2D eigenvalue weighted by atomic mass is 9.93. The van der Waals surface area contributed by atoms with Crippen LogP contribution in [0.3, 0.4) is 0 Å². The predicted molar refractivity (Wildman–Crippen MR) is 78.4 cm³/mol. The fourth-order valence-electron chi connectivity index (χ4n) is 1.64. The summed E-state index contributed by atoms with van der Waals surface area (Å²) in [5.74, 6) is 1.27. The fraction of sp³-hybridized carbons (Fsp3) is 0.500. The van der Waals surface area contributed by atoms with Crippen molar-refractivity contribution in [3.05, 3.63) is 30.1 Å². The van der Waals surface area contributed by atoms with E-state index in [0.717, 1.165) is 24.0 Å². The van der Waals surface area contributed by atoms with Gasteiger partial charge < -0.3 is 10.1 Å². The van der Waals surface area contributed by atoms with Crippen LogP contribution in [0, 0.1) is 11.2 Å². The quantitative estimate of drug-likeness (QED) is 0.862. The van der Waals surface area contributed by atoms with Crippen molar-refractivity contribution in [3.8, 4) is 5.75 Å². The lowest BCUT2D eigenvalue weighted by Gasteiger charge is -2.28. The van der Waals surface area contributed by atoms with Gasteiger partial charge in [-0.1, -0.05) is 25.6 Å². The lowest BCUT2D eigenvalue weighted by molar-refractivity contribution is 0.343. The van der Waals surface area contributed by atoms with Gasteiger partial charge in [0.05, 0.1) is 6.61 Å². The number of hydrogen-bond donors (Lipinski definition) is 1. The van der Waals surface area contributed by atoms with Crippen molar-refractivity contribution < 1.29 is 9.13 Å². The van der Waals surface area contributed by atoms with E-state index >= 15 is 0 Å². The first-order valence-electron chi connectivity index (χ1n) is 6.35. The molecule has 0 aliphatic carbocycles. The second kappa shape index (κ2) is 6.28. The normalized spacial score (nSPS) is 17.5. The summed E-state index contributed by atoms with van der Waals surface area (Å²) in [7, 11) is 0. The van der Waals surface area contributed by atoms with E-state index in [1.807, 2.05) is 0 Å². The lowest BCUT2D eigenvalue weighted by Crippen LogP contribution is -2.39. The molecule has 1 aromatic rings. The van der Waals surface area contributed by atoms with Gasteiger partial charge in [-0.3, -0.25) is 4.99 Å². The van der Waals surface area contributed by atoms with E-state index < -0.39 is 0 Å². The zero-order valence-corrected chi connectivity index (χ0v) is 12.1. The van der Waals surface area contributed by atoms with Crippen LogP contribution in [-0.4, -0.2) is 30.6 Å². The molecule has 1 heterocycles. The molecule has 5 heteroatoms. The van der Waals surface area contributed by atoms with Crippen LogP contribution in [0.1, 0.15) is 13.8 Å². The third-order valence-corrected chi connectivity index (χ3v) is 3.69. The van der Waals surface area contributed by atoms with Crippen molar-refractivity contribution in [2.24, 2.45) is 10.4 Å². The maximum atomic E-state index is 12.7. The summed E-state index contributed by atoms with van der Waals surface area (Å²) in [6.45, 7) is 6.80. The largest absolute Gasteiger partial charge is 0.493 e. The number of rotatable bonds is 4. The molecule has 19 heavy (non-hydrogen) atoms. The smallest absolute Gasteiger partial charge is 0.156 e. The highest BCUT2D eigenvalue weighted by atomic mass is 32.2. The van der Waals surface area contributed by atoms with Crippen molar-refractivity contribution in [1.82, 2.24) is 5.32 Å². The van der Waals surface area contributed by atoms with E-state index in [-0.39, 0.29) is 11.2 Å². The number of halogens is 1. The van der Waals surface area contributed by atoms with Crippen molar-refractivity contribution in [3.63, 3.8) is 0 Å². The third-order valence-electron chi connectivity index (χ3n) is 2.77. The van der Waals surface area contributed by atoms with Crippen molar-refractivity contribution in [2.75, 3.05) is 25.4 Å². The first-order chi connectivity index (χ1) is 9.05. The first-order valence-corrected chi connectivity index (χ1v) is 7.33. The van der Waals surface area contributed by atoms with Crippen LogP contribution in [0.4, 0.5) is 4.39 Å². The minimum atomic E-state index is -0.245. The topological polar surface area (TPSA) is 33.6 Å². The molecule has 0 radical (unpaired) electrons. The molecule has 0 unspecified atom stereocenters. The SMILES string of the molecule is CC1(C)CN=C(SCCOc2ccc(F)cc2)NC1. The highest BCUT2D eigenvalue weighted by Crippen LogP contribution is 2.19. The fourth-order valence-corrected chi connectivity index (χ4v) is 2.33. The van der Waals surface area contributed by atoms with Gasteiger partial charge in [0.1, 0.15) is 11.6 Å². The van der Waals surface area contributed by atoms with Gasteiger partial charge in [0.25, 0.3) is 0 Å². The molecular formula is C14H19FN2OS. The molecule has 0 saturated carbocycles. The molecule has 1 N–H and O–H groups in total. The number of thioether (sulfide) groups is 1. The van der Waals surface area contributed by atoms with Gasteiger partial charge in [0.2, 0.25) is 0 Å². The summed E-state index contributed by atoms with van der Waals surface area (Å²) in [6.07, 6.45) is 0. The Morgan fingerprint density at radius 2 is 2.11 bits per heavy atom. The monoisotopic (exact) mass is 282 g/mol. The molecule has 0 spiro atoms. The molecule has 1 aliphatic heterocycles. The molecule has 0 saturated heterocycles. The minimum Gasteiger partial charge on any atom is -0.493 e. The van der Waals surface area contributed by atoms with Crippen LogP contribution < -0.4 is 10.1 Å². The molecular weight excluding hydrogens is 263 g/mol. The molecule has 3 nitrogen and oxygen atoms in total. The van der Waals surface area contributed by atoms with Crippen LogP contribution in [0.25, 0.3) is 0 Å². The number of benzene rings is 1. The Kier molecular flexibility index (Phi) is 4.69. The Morgan fingerprint density at radius 1 is 1.37 bits per heavy atom. The van der Waals surface area contributed by atoms with Crippen LogP contribution >= 0.6 is 11.8 Å². The van der Waals surface area contributed by atoms with Crippen LogP contribution in [0.15, 0.2) is 29.3 Å². The summed E-state index contributed by atoms with van der Waals surface area (Å²) in [4.78, 5) is 4.50. The molecule has 104 valence electrons. The van der Waals surface area contributed by atoms with Gasteiger partial charge in [0.15, 0.2) is 5.17 Å². The zero-order chi connectivity index (χ0) is 13.7. The summed E-state index contributed by atoms with van der Waals surface area (Å²) >= 11 is 1.66. The predicted octanol–water partition coefficient (Wildman–Crippen LogP) is 2.92. The van der Waals surface area contributed by atoms with Gasteiger partial charge >= 0.3 is 0 Å². The van der Waals surface area contributed by atoms with E-state index in [0.29, 0.717) is 12.4 Å². The van der Waals surface area contributed by atoms with E-state index in [1.54, 1.807) is 23.9 Å². The van der Waals surface area contributed by atoms with Gasteiger partial charge in [-0.25, -0.2) is 4.39 Å². The zero-order valence-electron chi connectivity index (χ0n) is 11.3. The first kappa shape index (κ1) is 14.2. The standard InChI is InChI=1S/C14H19FN2OS/c1-14(2)9-16-13(17-10-14)19-8-7-18-12-5-3-11(15)4-6-12/h3-6H,7-10H2,1-2H3,(H,16,17). The Hall–Kier alpha value is -1.23. The molecule has 1 aliphatic rings. The maximum Gasteiger partial charge on any atom is 0.156 e. The number of aliphatic imine (C=N–C) groups is 1. The molecule has 0 amide bonds. The molecule has 2 rings (SSSR count). The van der Waals surface area contributed by atoms with E-state index in [9.17, 15) is 4.39 Å². The Balaban J connectivity index is 1.67. The van der Waals surface area contributed by atoms with Crippen LogP contribution in [0.5, 0.6) is 5.75 Å². The van der Waals surface area contributed by atoms with Crippen LogP contribution in [-0.2, 0) is 0 Å². The summed E-state index contributed by atoms with van der Waals surface area (Å²) in [6, 6.07) is 6.08. The van der Waals surface area contributed by atoms with Crippen LogP contribution in [0.2, 0.25) is 0 Å². The number of nitrogens with zero attached hydrogens (tertiary/aromatic N) is 1. The second-order valence-corrected chi connectivity index (χ2v) is 6.37. The van der Waals surface area contributed by atoms with Crippen molar-refractivity contribution in [2.45, 2.75) is 13.8 Å². The van der Waals surface area contributed by atoms with E-state index in [4.69, 9.17) is 4.74 Å². The molecule has 0 aromatic heterocycles. The number of amidine groups is 1. The number of hydrogen-bond acceptors (Lipinski definition) is 4. The van der Waals surface area contributed by atoms with Crippen molar-refractivity contribution in [1.29, 1.82) is 0 Å². The highest BCUT2D eigenvalue weighted by molar-refractivity contribution is 8.13. The number of nitrogens with one attached hydrogen (secondary N) is 1. The Morgan fingerprint density at radius 3 is 2.74 bits per heavy atom. The Labute approximate surface area is 117 Å². The minimum absolute atomic E-state index is 0.245. The van der Waals surface area contributed by atoms with Gasteiger partial charge in [-0.05, 0) is 24.3 Å². The molecule has 0 atom stereocenters. The average molecular weight is 282 g/mol. The highest BCUT2D eigenvalue weighted by Gasteiger charge is 2.22. The number of ether oxygens (including phenoxy) is 1.